The maximum atomic E-state index is 8.81. The van der Waals surface area contributed by atoms with Gasteiger partial charge in [-0.05, 0) is 47.4 Å². The zero-order valence-corrected chi connectivity index (χ0v) is 20.1. The van der Waals surface area contributed by atoms with Crippen molar-refractivity contribution in [2.75, 3.05) is 0 Å². The van der Waals surface area contributed by atoms with E-state index in [-0.39, 0.29) is 16.2 Å². The molecule has 0 aliphatic rings. The van der Waals surface area contributed by atoms with Crippen molar-refractivity contribution in [1.82, 2.24) is 4.98 Å². The predicted octanol–water partition coefficient (Wildman–Crippen LogP) is 7.60. The van der Waals surface area contributed by atoms with Crippen LogP contribution in [0, 0.1) is 6.92 Å². The Hall–Kier alpha value is -1.57. The number of aldehydes is 1. The Bertz CT molecular complexity index is 744. The van der Waals surface area contributed by atoms with E-state index in [1.807, 2.05) is 13.8 Å². The molecule has 1 N–H and O–H groups in total. The molecule has 2 nitrogen and oxygen atoms in total. The fourth-order valence-corrected chi connectivity index (χ4v) is 3.20. The number of carbonyl (C=O) groups excluding carboxylic acids is 1. The van der Waals surface area contributed by atoms with Crippen molar-refractivity contribution in [3.63, 3.8) is 0 Å². The van der Waals surface area contributed by atoms with Crippen molar-refractivity contribution >= 4 is 17.2 Å². The van der Waals surface area contributed by atoms with E-state index in [4.69, 9.17) is 4.79 Å². The third-order valence-electron chi connectivity index (χ3n) is 4.59. The number of aromatic amines is 1. The van der Waals surface area contributed by atoms with E-state index in [2.05, 4.69) is 86.4 Å². The molecule has 0 bridgehead atoms. The van der Waals surface area contributed by atoms with Crippen LogP contribution in [0.3, 0.4) is 0 Å². The number of fused-ring (bicyclic) bond motifs is 1. The topological polar surface area (TPSA) is 32.9 Å². The van der Waals surface area contributed by atoms with Crippen molar-refractivity contribution in [2.45, 2.75) is 106 Å². The summed E-state index contributed by atoms with van der Waals surface area (Å²) in [5, 5.41) is 1.39. The van der Waals surface area contributed by atoms with E-state index >= 15 is 0 Å². The number of aryl methyl sites for hydroxylation is 1. The van der Waals surface area contributed by atoms with E-state index < -0.39 is 0 Å². The average molecular weight is 374 g/mol. The Kier molecular flexibility index (Phi) is 8.55. The minimum Gasteiger partial charge on any atom is -0.357 e. The number of nitrogens with one attached hydrogen (secondary N) is 1. The molecular weight excluding hydrogens is 330 g/mol. The van der Waals surface area contributed by atoms with Gasteiger partial charge in [0.15, 0.2) is 0 Å². The van der Waals surface area contributed by atoms with Crippen molar-refractivity contribution < 1.29 is 4.79 Å². The molecule has 27 heavy (non-hydrogen) atoms. The fourth-order valence-electron chi connectivity index (χ4n) is 3.20. The molecule has 0 aliphatic carbocycles. The van der Waals surface area contributed by atoms with Gasteiger partial charge in [0.25, 0.3) is 0 Å². The largest absolute Gasteiger partial charge is 0.357 e. The molecule has 0 saturated heterocycles. The zero-order valence-electron chi connectivity index (χ0n) is 20.1. The molecule has 0 aliphatic heterocycles. The van der Waals surface area contributed by atoms with Crippen molar-refractivity contribution in [3.8, 4) is 0 Å². The van der Waals surface area contributed by atoms with Crippen LogP contribution in [0.2, 0.25) is 0 Å². The zero-order chi connectivity index (χ0) is 21.8. The predicted molar refractivity (Wildman–Crippen MR) is 122 cm³/mol. The molecular formula is C25H43NO. The van der Waals surface area contributed by atoms with Crippen LogP contribution < -0.4 is 0 Å². The van der Waals surface area contributed by atoms with Gasteiger partial charge in [-0.25, -0.2) is 0 Å². The lowest BCUT2D eigenvalue weighted by molar-refractivity contribution is -0.106. The van der Waals surface area contributed by atoms with Crippen molar-refractivity contribution in [2.24, 2.45) is 0 Å². The summed E-state index contributed by atoms with van der Waals surface area (Å²) in [7, 11) is 0. The van der Waals surface area contributed by atoms with Crippen LogP contribution in [0.15, 0.2) is 12.1 Å². The van der Waals surface area contributed by atoms with Gasteiger partial charge in [-0.15, -0.1) is 0 Å². The summed E-state index contributed by atoms with van der Waals surface area (Å²) >= 11 is 0. The van der Waals surface area contributed by atoms with Gasteiger partial charge in [0.1, 0.15) is 6.29 Å². The number of hydrogen-bond donors (Lipinski definition) is 1. The van der Waals surface area contributed by atoms with Crippen molar-refractivity contribution in [3.05, 3.63) is 34.5 Å². The highest BCUT2D eigenvalue weighted by Crippen LogP contribution is 2.39. The smallest absolute Gasteiger partial charge is 0.116 e. The van der Waals surface area contributed by atoms with Crippen LogP contribution in [0.4, 0.5) is 0 Å². The molecule has 2 heteroatoms. The lowest BCUT2D eigenvalue weighted by Crippen LogP contribution is -2.17. The van der Waals surface area contributed by atoms with Crippen LogP contribution in [-0.4, -0.2) is 11.3 Å². The first-order valence-electron chi connectivity index (χ1n) is 10.2. The maximum Gasteiger partial charge on any atom is 0.116 e. The molecule has 0 radical (unpaired) electrons. The Balaban J connectivity index is 0.00000123. The Labute approximate surface area is 168 Å². The summed E-state index contributed by atoms with van der Waals surface area (Å²) in [4.78, 5) is 12.6. The SMILES string of the molecule is CC.CC=O.Cc1c(C(C)(C)C)[nH]c2c(C(C)(C)C)cc(C(C)(C)C)cc12. The molecule has 1 heterocycles. The third-order valence-corrected chi connectivity index (χ3v) is 4.59. The van der Waals surface area contributed by atoms with Gasteiger partial charge < -0.3 is 9.78 Å². The standard InChI is InChI=1S/C21H33N.C2H4O.C2H6/c1-13-15-11-14(19(2,3)4)12-16(20(5,6)7)17(15)22-18(13)21(8,9)10;1-2-3;1-2/h11-12,22H,1-10H3;2H,1H3;1-2H3. The van der Waals surface area contributed by atoms with Crippen molar-refractivity contribution in [1.29, 1.82) is 0 Å². The highest BCUT2D eigenvalue weighted by molar-refractivity contribution is 5.89. The van der Waals surface area contributed by atoms with Crippen LogP contribution in [-0.2, 0) is 21.0 Å². The summed E-state index contributed by atoms with van der Waals surface area (Å²) in [5.74, 6) is 0. The Morgan fingerprint density at radius 2 is 1.26 bits per heavy atom. The van der Waals surface area contributed by atoms with Gasteiger partial charge in [-0.1, -0.05) is 82.2 Å². The fraction of sp³-hybridized carbons (Fsp3) is 0.640. The van der Waals surface area contributed by atoms with Gasteiger partial charge in [-0.2, -0.15) is 0 Å². The molecule has 0 unspecified atom stereocenters. The summed E-state index contributed by atoms with van der Waals surface area (Å²) in [6, 6.07) is 4.80. The molecule has 0 fully saturated rings. The van der Waals surface area contributed by atoms with Crippen LogP contribution in [0.25, 0.3) is 10.9 Å². The quantitative estimate of drug-likeness (QED) is 0.474. The average Bonchev–Trinajstić information content (AvgIpc) is 2.85. The van der Waals surface area contributed by atoms with E-state index in [9.17, 15) is 0 Å². The van der Waals surface area contributed by atoms with E-state index in [0.717, 1.165) is 6.29 Å². The second kappa shape index (κ2) is 9.08. The van der Waals surface area contributed by atoms with Gasteiger partial charge >= 0.3 is 0 Å². The molecule has 1 aromatic heterocycles. The monoisotopic (exact) mass is 373 g/mol. The second-order valence-corrected chi connectivity index (χ2v) is 10.1. The van der Waals surface area contributed by atoms with Crippen LogP contribution >= 0.6 is 0 Å². The molecule has 0 saturated carbocycles. The molecule has 0 atom stereocenters. The van der Waals surface area contributed by atoms with E-state index in [0.29, 0.717) is 0 Å². The molecule has 154 valence electrons. The van der Waals surface area contributed by atoms with Crippen LogP contribution in [0.5, 0.6) is 0 Å². The lowest BCUT2D eigenvalue weighted by Gasteiger charge is -2.26. The van der Waals surface area contributed by atoms with Gasteiger partial charge in [0, 0.05) is 22.0 Å². The minimum absolute atomic E-state index is 0.131. The summed E-state index contributed by atoms with van der Waals surface area (Å²) < 4.78 is 0. The summed E-state index contributed by atoms with van der Waals surface area (Å²) in [6.45, 7) is 28.4. The van der Waals surface area contributed by atoms with Gasteiger partial charge in [0.2, 0.25) is 0 Å². The number of hydrogen-bond acceptors (Lipinski definition) is 1. The molecule has 0 amide bonds. The highest BCUT2D eigenvalue weighted by atomic mass is 16.1. The molecule has 2 rings (SSSR count). The molecule has 1 aromatic carbocycles. The van der Waals surface area contributed by atoms with Crippen LogP contribution in [0.1, 0.15) is 105 Å². The molecule has 0 spiro atoms. The first-order chi connectivity index (χ1) is 12.1. The number of rotatable bonds is 0. The summed E-state index contributed by atoms with van der Waals surface area (Å²) in [6.07, 6.45) is 0.750. The number of carbonyl (C=O) groups is 1. The molecule has 2 aromatic rings. The number of benzene rings is 1. The lowest BCUT2D eigenvalue weighted by atomic mass is 9.79. The van der Waals surface area contributed by atoms with Gasteiger partial charge in [-0.3, -0.25) is 0 Å². The third kappa shape index (κ3) is 6.23. The van der Waals surface area contributed by atoms with E-state index in [1.165, 1.54) is 40.2 Å². The minimum atomic E-state index is 0.131. The second-order valence-electron chi connectivity index (χ2n) is 10.1. The summed E-state index contributed by atoms with van der Waals surface area (Å²) in [5.41, 5.74) is 7.37. The Morgan fingerprint density at radius 1 is 0.815 bits per heavy atom. The van der Waals surface area contributed by atoms with Gasteiger partial charge in [0.05, 0.1) is 0 Å². The van der Waals surface area contributed by atoms with E-state index in [1.54, 1.807) is 0 Å². The number of aromatic nitrogens is 1. The Morgan fingerprint density at radius 3 is 1.59 bits per heavy atom. The maximum absolute atomic E-state index is 8.81. The first kappa shape index (κ1) is 25.4. The number of H-pyrrole nitrogens is 1. The first-order valence-corrected chi connectivity index (χ1v) is 10.2. The normalized spacial score (nSPS) is 12.0. The highest BCUT2D eigenvalue weighted by Gasteiger charge is 2.27.